The molecule has 0 atom stereocenters. The smallest absolute Gasteiger partial charge is 0.295 e. The van der Waals surface area contributed by atoms with Crippen LogP contribution in [0.25, 0.3) is 11.1 Å². The predicted molar refractivity (Wildman–Crippen MR) is 68.1 cm³/mol. The van der Waals surface area contributed by atoms with Crippen LogP contribution < -0.4 is 10.6 Å². The van der Waals surface area contributed by atoms with Crippen molar-refractivity contribution in [3.8, 4) is 0 Å². The highest BCUT2D eigenvalue weighted by atomic mass is 16.4. The van der Waals surface area contributed by atoms with Crippen LogP contribution in [0, 0.1) is 0 Å². The van der Waals surface area contributed by atoms with Gasteiger partial charge in [0, 0.05) is 13.1 Å². The van der Waals surface area contributed by atoms with E-state index in [2.05, 4.69) is 21.7 Å². The summed E-state index contributed by atoms with van der Waals surface area (Å²) < 4.78 is 5.59. The summed E-state index contributed by atoms with van der Waals surface area (Å²) in [4.78, 5) is 4.38. The Kier molecular flexibility index (Phi) is 2.80. The molecule has 17 heavy (non-hydrogen) atoms. The second-order valence-electron chi connectivity index (χ2n) is 4.16. The minimum Gasteiger partial charge on any atom is -0.424 e. The zero-order valence-corrected chi connectivity index (χ0v) is 9.57. The lowest BCUT2D eigenvalue weighted by Gasteiger charge is -2.13. The molecule has 0 radical (unpaired) electrons. The van der Waals surface area contributed by atoms with Crippen molar-refractivity contribution in [3.63, 3.8) is 0 Å². The van der Waals surface area contributed by atoms with Crippen LogP contribution in [0.4, 0.5) is 6.01 Å². The monoisotopic (exact) mass is 229 g/mol. The van der Waals surface area contributed by atoms with Crippen molar-refractivity contribution < 1.29 is 4.42 Å². The molecule has 88 valence electrons. The second-order valence-corrected chi connectivity index (χ2v) is 4.16. The van der Waals surface area contributed by atoms with Gasteiger partial charge >= 0.3 is 0 Å². The van der Waals surface area contributed by atoms with Gasteiger partial charge in [-0.2, -0.15) is 4.98 Å². The van der Waals surface area contributed by atoms with Crippen molar-refractivity contribution in [2.24, 2.45) is 0 Å². The Hall–Kier alpha value is -1.81. The maximum atomic E-state index is 5.59. The number of nitrogens with zero attached hydrogens (tertiary/aromatic N) is 1. The molecule has 0 spiro atoms. The third kappa shape index (κ3) is 2.31. The Balaban J connectivity index is 1.70. The number of para-hydroxylation sites is 2. The fourth-order valence-corrected chi connectivity index (χ4v) is 1.97. The molecule has 2 aromatic rings. The van der Waals surface area contributed by atoms with Gasteiger partial charge in [0.15, 0.2) is 5.58 Å². The first-order valence-electron chi connectivity index (χ1n) is 5.90. The number of hydrogen-bond donors (Lipinski definition) is 2. The van der Waals surface area contributed by atoms with Crippen molar-refractivity contribution in [2.75, 3.05) is 25.0 Å². The maximum Gasteiger partial charge on any atom is 0.295 e. The lowest BCUT2D eigenvalue weighted by molar-refractivity contribution is 0.614. The van der Waals surface area contributed by atoms with Gasteiger partial charge in [0.25, 0.3) is 6.01 Å². The summed E-state index contributed by atoms with van der Waals surface area (Å²) in [7, 11) is 0. The molecule has 2 N–H and O–H groups in total. The molecule has 0 bridgehead atoms. The quantitative estimate of drug-likeness (QED) is 0.792. The number of oxazole rings is 1. The first-order chi connectivity index (χ1) is 8.42. The fourth-order valence-electron chi connectivity index (χ4n) is 1.97. The van der Waals surface area contributed by atoms with Crippen LogP contribution in [0.5, 0.6) is 0 Å². The number of anilines is 1. The molecule has 2 heterocycles. The van der Waals surface area contributed by atoms with Crippen molar-refractivity contribution in [1.82, 2.24) is 10.3 Å². The van der Waals surface area contributed by atoms with E-state index >= 15 is 0 Å². The average Bonchev–Trinajstić information content (AvgIpc) is 2.80. The number of aromatic nitrogens is 1. The Morgan fingerprint density at radius 3 is 3.12 bits per heavy atom. The predicted octanol–water partition coefficient (Wildman–Crippen LogP) is 2.16. The normalized spacial score (nSPS) is 15.9. The highest BCUT2D eigenvalue weighted by Crippen LogP contribution is 2.18. The molecule has 4 heteroatoms. The number of benzene rings is 1. The molecule has 0 unspecified atom stereocenters. The van der Waals surface area contributed by atoms with Crippen LogP contribution in [0.2, 0.25) is 0 Å². The van der Waals surface area contributed by atoms with Crippen molar-refractivity contribution >= 4 is 17.1 Å². The zero-order chi connectivity index (χ0) is 11.5. The summed E-state index contributed by atoms with van der Waals surface area (Å²) in [5.74, 6) is 0. The molecule has 0 aliphatic carbocycles. The van der Waals surface area contributed by atoms with Gasteiger partial charge in [-0.3, -0.25) is 0 Å². The topological polar surface area (TPSA) is 50.1 Å². The summed E-state index contributed by atoms with van der Waals surface area (Å²) in [6, 6.07) is 8.40. The Labute approximate surface area is 99.7 Å². The van der Waals surface area contributed by atoms with E-state index in [0.717, 1.165) is 37.2 Å². The van der Waals surface area contributed by atoms with Crippen LogP contribution in [-0.4, -0.2) is 24.6 Å². The second kappa shape index (κ2) is 4.59. The highest BCUT2D eigenvalue weighted by molar-refractivity contribution is 5.74. The zero-order valence-electron chi connectivity index (χ0n) is 9.57. The molecular weight excluding hydrogens is 214 g/mol. The van der Waals surface area contributed by atoms with Gasteiger partial charge in [0.05, 0.1) is 0 Å². The van der Waals surface area contributed by atoms with Gasteiger partial charge in [-0.1, -0.05) is 23.8 Å². The van der Waals surface area contributed by atoms with Crippen LogP contribution in [0.3, 0.4) is 0 Å². The SMILES string of the molecule is C1=C(CNc2nc3ccccc3o2)CCNC1. The molecule has 0 saturated heterocycles. The number of fused-ring (bicyclic) bond motifs is 1. The molecule has 0 amide bonds. The molecule has 0 saturated carbocycles. The van der Waals surface area contributed by atoms with Crippen molar-refractivity contribution in [1.29, 1.82) is 0 Å². The Morgan fingerprint density at radius 2 is 2.29 bits per heavy atom. The lowest BCUT2D eigenvalue weighted by atomic mass is 10.1. The first kappa shape index (κ1) is 10.4. The van der Waals surface area contributed by atoms with Gasteiger partial charge in [0.1, 0.15) is 5.52 Å². The molecular formula is C13H15N3O. The largest absolute Gasteiger partial charge is 0.424 e. The Bertz CT molecular complexity index is 511. The molecule has 3 rings (SSSR count). The minimum atomic E-state index is 0.602. The summed E-state index contributed by atoms with van der Waals surface area (Å²) in [6.07, 6.45) is 3.31. The van der Waals surface area contributed by atoms with E-state index < -0.39 is 0 Å². The van der Waals surface area contributed by atoms with Gasteiger partial charge in [-0.05, 0) is 25.1 Å². The van der Waals surface area contributed by atoms with Gasteiger partial charge in [0.2, 0.25) is 0 Å². The standard InChI is InChI=1S/C13H15N3O/c1-2-4-12-11(3-1)16-13(17-12)15-9-10-5-7-14-8-6-10/h1-5,14H,6-9H2,(H,15,16). The van der Waals surface area contributed by atoms with E-state index in [9.17, 15) is 0 Å². The molecule has 1 aliphatic rings. The minimum absolute atomic E-state index is 0.602. The number of rotatable bonds is 3. The van der Waals surface area contributed by atoms with E-state index in [1.165, 1.54) is 5.57 Å². The third-order valence-corrected chi connectivity index (χ3v) is 2.92. The maximum absolute atomic E-state index is 5.59. The fraction of sp³-hybridized carbons (Fsp3) is 0.308. The molecule has 1 aromatic carbocycles. The van der Waals surface area contributed by atoms with Gasteiger partial charge in [-0.15, -0.1) is 0 Å². The summed E-state index contributed by atoms with van der Waals surface area (Å²) in [6.45, 7) is 2.83. The molecule has 0 fully saturated rings. The van der Waals surface area contributed by atoms with Crippen LogP contribution in [0.15, 0.2) is 40.3 Å². The van der Waals surface area contributed by atoms with E-state index in [1.54, 1.807) is 0 Å². The van der Waals surface area contributed by atoms with E-state index in [4.69, 9.17) is 4.42 Å². The van der Waals surface area contributed by atoms with E-state index in [0.29, 0.717) is 6.01 Å². The highest BCUT2D eigenvalue weighted by Gasteiger charge is 2.06. The summed E-state index contributed by atoms with van der Waals surface area (Å²) >= 11 is 0. The van der Waals surface area contributed by atoms with E-state index in [1.807, 2.05) is 24.3 Å². The van der Waals surface area contributed by atoms with Crippen LogP contribution in [0.1, 0.15) is 6.42 Å². The van der Waals surface area contributed by atoms with Gasteiger partial charge in [-0.25, -0.2) is 0 Å². The van der Waals surface area contributed by atoms with Crippen LogP contribution >= 0.6 is 0 Å². The Morgan fingerprint density at radius 1 is 1.35 bits per heavy atom. The van der Waals surface area contributed by atoms with Crippen molar-refractivity contribution in [3.05, 3.63) is 35.9 Å². The summed E-state index contributed by atoms with van der Waals surface area (Å²) in [5.41, 5.74) is 3.13. The van der Waals surface area contributed by atoms with Crippen LogP contribution in [-0.2, 0) is 0 Å². The average molecular weight is 229 g/mol. The first-order valence-corrected chi connectivity index (χ1v) is 5.90. The van der Waals surface area contributed by atoms with Gasteiger partial charge < -0.3 is 15.1 Å². The number of nitrogens with one attached hydrogen (secondary N) is 2. The molecule has 4 nitrogen and oxygen atoms in total. The number of hydrogen-bond acceptors (Lipinski definition) is 4. The summed E-state index contributed by atoms with van der Waals surface area (Å²) in [5, 5.41) is 6.52. The third-order valence-electron chi connectivity index (χ3n) is 2.92. The molecule has 1 aromatic heterocycles. The molecule has 1 aliphatic heterocycles. The lowest BCUT2D eigenvalue weighted by Crippen LogP contribution is -2.23. The van der Waals surface area contributed by atoms with E-state index in [-0.39, 0.29) is 0 Å². The van der Waals surface area contributed by atoms with Crippen molar-refractivity contribution in [2.45, 2.75) is 6.42 Å².